The summed E-state index contributed by atoms with van der Waals surface area (Å²) >= 11 is 0. The summed E-state index contributed by atoms with van der Waals surface area (Å²) in [5.41, 5.74) is 2.67. The zero-order valence-electron chi connectivity index (χ0n) is 16.9. The molecular formula is C24H24N2O4. The van der Waals surface area contributed by atoms with Gasteiger partial charge in [-0.3, -0.25) is 9.59 Å². The molecule has 4 rings (SSSR count). The smallest absolute Gasteiger partial charge is 0.260 e. The van der Waals surface area contributed by atoms with Crippen LogP contribution in [0.3, 0.4) is 0 Å². The average molecular weight is 404 g/mol. The van der Waals surface area contributed by atoms with Gasteiger partial charge < -0.3 is 19.7 Å². The Bertz CT molecular complexity index is 1060. The lowest BCUT2D eigenvalue weighted by Crippen LogP contribution is -2.42. The summed E-state index contributed by atoms with van der Waals surface area (Å²) in [6.45, 7) is 2.36. The maximum absolute atomic E-state index is 12.4. The van der Waals surface area contributed by atoms with Crippen molar-refractivity contribution in [2.45, 2.75) is 0 Å². The standard InChI is InChI=1S/C24H24N2O4/c1-25-24(28)18-8-6-17(7-9-18)19-10-11-22(21-5-3-2-4-20(19)21)30-16-23(27)26-12-14-29-15-13-26/h2-11H,12-16H2,1H3,(H,25,28). The number of hydrogen-bond donors (Lipinski definition) is 1. The molecule has 3 aromatic carbocycles. The average Bonchev–Trinajstić information content (AvgIpc) is 2.82. The lowest BCUT2D eigenvalue weighted by Gasteiger charge is -2.26. The molecule has 0 spiro atoms. The monoisotopic (exact) mass is 404 g/mol. The number of nitrogens with one attached hydrogen (secondary N) is 1. The van der Waals surface area contributed by atoms with E-state index in [2.05, 4.69) is 5.32 Å². The lowest BCUT2D eigenvalue weighted by atomic mass is 9.97. The number of benzene rings is 3. The highest BCUT2D eigenvalue weighted by molar-refractivity contribution is 6.01. The molecule has 0 bridgehead atoms. The number of morpholine rings is 1. The minimum atomic E-state index is -0.111. The van der Waals surface area contributed by atoms with E-state index in [1.165, 1.54) is 0 Å². The van der Waals surface area contributed by atoms with Gasteiger partial charge >= 0.3 is 0 Å². The molecule has 154 valence electrons. The Balaban J connectivity index is 1.58. The van der Waals surface area contributed by atoms with Crippen molar-refractivity contribution in [2.24, 2.45) is 0 Å². The van der Waals surface area contributed by atoms with Gasteiger partial charge in [-0.1, -0.05) is 42.5 Å². The second-order valence-corrected chi connectivity index (χ2v) is 7.10. The van der Waals surface area contributed by atoms with Gasteiger partial charge in [-0.05, 0) is 34.7 Å². The summed E-state index contributed by atoms with van der Waals surface area (Å²) in [7, 11) is 1.62. The largest absolute Gasteiger partial charge is 0.483 e. The van der Waals surface area contributed by atoms with E-state index >= 15 is 0 Å². The molecular weight excluding hydrogens is 380 g/mol. The van der Waals surface area contributed by atoms with Crippen LogP contribution in [-0.2, 0) is 9.53 Å². The van der Waals surface area contributed by atoms with Crippen LogP contribution in [0, 0.1) is 0 Å². The van der Waals surface area contributed by atoms with Gasteiger partial charge in [-0.2, -0.15) is 0 Å². The fraction of sp³-hybridized carbons (Fsp3) is 0.250. The van der Waals surface area contributed by atoms with Crippen LogP contribution in [0.25, 0.3) is 21.9 Å². The molecule has 1 aliphatic heterocycles. The van der Waals surface area contributed by atoms with Crippen LogP contribution in [0.5, 0.6) is 5.75 Å². The van der Waals surface area contributed by atoms with Crippen molar-refractivity contribution in [1.29, 1.82) is 0 Å². The van der Waals surface area contributed by atoms with Crippen molar-refractivity contribution in [3.63, 3.8) is 0 Å². The van der Waals surface area contributed by atoms with Crippen molar-refractivity contribution in [2.75, 3.05) is 40.0 Å². The Hall–Kier alpha value is -3.38. The minimum Gasteiger partial charge on any atom is -0.483 e. The highest BCUT2D eigenvalue weighted by atomic mass is 16.5. The first-order valence-corrected chi connectivity index (χ1v) is 10.00. The first kappa shape index (κ1) is 19.9. The summed E-state index contributed by atoms with van der Waals surface area (Å²) < 4.78 is 11.2. The van der Waals surface area contributed by atoms with Crippen LogP contribution in [0.2, 0.25) is 0 Å². The maximum atomic E-state index is 12.4. The number of nitrogens with zero attached hydrogens (tertiary/aromatic N) is 1. The molecule has 30 heavy (non-hydrogen) atoms. The first-order valence-electron chi connectivity index (χ1n) is 10.00. The SMILES string of the molecule is CNC(=O)c1ccc(-c2ccc(OCC(=O)N3CCOCC3)c3ccccc23)cc1. The topological polar surface area (TPSA) is 67.9 Å². The maximum Gasteiger partial charge on any atom is 0.260 e. The quantitative estimate of drug-likeness (QED) is 0.710. The Morgan fingerprint density at radius 3 is 2.37 bits per heavy atom. The van der Waals surface area contributed by atoms with Crippen molar-refractivity contribution in [3.05, 3.63) is 66.2 Å². The number of carbonyl (C=O) groups is 2. The number of hydrogen-bond acceptors (Lipinski definition) is 4. The van der Waals surface area contributed by atoms with E-state index in [0.717, 1.165) is 21.9 Å². The molecule has 1 N–H and O–H groups in total. The Morgan fingerprint density at radius 1 is 0.967 bits per heavy atom. The second kappa shape index (κ2) is 8.97. The highest BCUT2D eigenvalue weighted by Gasteiger charge is 2.18. The third kappa shape index (κ3) is 4.14. The molecule has 0 saturated carbocycles. The van der Waals surface area contributed by atoms with Gasteiger partial charge in [0.05, 0.1) is 13.2 Å². The van der Waals surface area contributed by atoms with Crippen LogP contribution in [0.1, 0.15) is 10.4 Å². The van der Waals surface area contributed by atoms with Gasteiger partial charge in [-0.15, -0.1) is 0 Å². The van der Waals surface area contributed by atoms with Crippen molar-refractivity contribution in [3.8, 4) is 16.9 Å². The van der Waals surface area contributed by atoms with Gasteiger partial charge in [0.1, 0.15) is 5.75 Å². The predicted molar refractivity (Wildman–Crippen MR) is 116 cm³/mol. The molecule has 0 aliphatic carbocycles. The Morgan fingerprint density at radius 2 is 1.67 bits per heavy atom. The van der Waals surface area contributed by atoms with E-state index in [0.29, 0.717) is 37.6 Å². The predicted octanol–water partition coefficient (Wildman–Crippen LogP) is 3.10. The normalized spacial score (nSPS) is 13.8. The van der Waals surface area contributed by atoms with Gasteiger partial charge in [-0.25, -0.2) is 0 Å². The second-order valence-electron chi connectivity index (χ2n) is 7.10. The molecule has 2 amide bonds. The number of fused-ring (bicyclic) bond motifs is 1. The van der Waals surface area contributed by atoms with Crippen LogP contribution in [0.15, 0.2) is 60.7 Å². The third-order valence-electron chi connectivity index (χ3n) is 5.28. The van der Waals surface area contributed by atoms with Gasteiger partial charge in [0.15, 0.2) is 6.61 Å². The molecule has 6 heteroatoms. The summed E-state index contributed by atoms with van der Waals surface area (Å²) in [6.07, 6.45) is 0. The number of rotatable bonds is 5. The minimum absolute atomic E-state index is 0.00413. The van der Waals surface area contributed by atoms with Crippen LogP contribution >= 0.6 is 0 Å². The van der Waals surface area contributed by atoms with E-state index in [1.54, 1.807) is 11.9 Å². The molecule has 1 fully saturated rings. The summed E-state index contributed by atoms with van der Waals surface area (Å²) in [6, 6.07) is 19.4. The molecule has 1 heterocycles. The van der Waals surface area contributed by atoms with Crippen LogP contribution in [0.4, 0.5) is 0 Å². The van der Waals surface area contributed by atoms with Crippen molar-refractivity contribution >= 4 is 22.6 Å². The number of amides is 2. The number of ether oxygens (including phenoxy) is 2. The van der Waals surface area contributed by atoms with Crippen molar-refractivity contribution in [1.82, 2.24) is 10.2 Å². The number of carbonyl (C=O) groups excluding carboxylic acids is 2. The molecule has 0 aromatic heterocycles. The molecule has 0 unspecified atom stereocenters. The fourth-order valence-corrected chi connectivity index (χ4v) is 3.64. The molecule has 0 radical (unpaired) electrons. The fourth-order valence-electron chi connectivity index (χ4n) is 3.64. The van der Waals surface area contributed by atoms with E-state index in [-0.39, 0.29) is 18.4 Å². The summed E-state index contributed by atoms with van der Waals surface area (Å²) in [5.74, 6) is 0.536. The Kier molecular flexibility index (Phi) is 5.95. The van der Waals surface area contributed by atoms with Gasteiger partial charge in [0.25, 0.3) is 11.8 Å². The summed E-state index contributed by atoms with van der Waals surface area (Å²) in [4.78, 5) is 26.0. The Labute approximate surface area is 175 Å². The lowest BCUT2D eigenvalue weighted by molar-refractivity contribution is -0.137. The summed E-state index contributed by atoms with van der Waals surface area (Å²) in [5, 5.41) is 4.60. The van der Waals surface area contributed by atoms with Crippen LogP contribution < -0.4 is 10.1 Å². The van der Waals surface area contributed by atoms with E-state index < -0.39 is 0 Å². The molecule has 3 aromatic rings. The van der Waals surface area contributed by atoms with E-state index in [9.17, 15) is 9.59 Å². The molecule has 1 saturated heterocycles. The van der Waals surface area contributed by atoms with Gasteiger partial charge in [0, 0.05) is 31.1 Å². The van der Waals surface area contributed by atoms with E-state index in [4.69, 9.17) is 9.47 Å². The molecule has 6 nitrogen and oxygen atoms in total. The van der Waals surface area contributed by atoms with Gasteiger partial charge in [0.2, 0.25) is 0 Å². The first-order chi connectivity index (χ1) is 14.7. The van der Waals surface area contributed by atoms with Crippen LogP contribution in [-0.4, -0.2) is 56.7 Å². The zero-order chi connectivity index (χ0) is 20.9. The molecule has 1 aliphatic rings. The zero-order valence-corrected chi connectivity index (χ0v) is 16.9. The van der Waals surface area contributed by atoms with Crippen molar-refractivity contribution < 1.29 is 19.1 Å². The van der Waals surface area contributed by atoms with E-state index in [1.807, 2.05) is 60.7 Å². The third-order valence-corrected chi connectivity index (χ3v) is 5.28. The molecule has 0 atom stereocenters. The highest BCUT2D eigenvalue weighted by Crippen LogP contribution is 2.34.